The van der Waals surface area contributed by atoms with E-state index in [1.807, 2.05) is 0 Å². The topological polar surface area (TPSA) is 71.3 Å². The summed E-state index contributed by atoms with van der Waals surface area (Å²) in [5.41, 5.74) is 1.35. The Morgan fingerprint density at radius 2 is 2.21 bits per heavy atom. The van der Waals surface area contributed by atoms with Gasteiger partial charge in [-0.3, -0.25) is 0 Å². The van der Waals surface area contributed by atoms with Gasteiger partial charge in [-0.25, -0.2) is 13.1 Å². The number of rotatable bonds is 7. The van der Waals surface area contributed by atoms with Gasteiger partial charge in [0.2, 0.25) is 5.09 Å². The molecule has 5 nitrogen and oxygen atoms in total. The van der Waals surface area contributed by atoms with Gasteiger partial charge in [-0.15, -0.1) is 0 Å². The molecule has 0 saturated heterocycles. The van der Waals surface area contributed by atoms with Crippen molar-refractivity contribution in [2.45, 2.75) is 37.3 Å². The molecule has 1 heterocycles. The van der Waals surface area contributed by atoms with Gasteiger partial charge in [0.05, 0.1) is 6.54 Å². The first-order chi connectivity index (χ1) is 9.12. The lowest BCUT2D eigenvalue weighted by molar-refractivity contribution is 0.404. The SMILES string of the molecule is CNCc1ccc(S(=O)(=O)NCCC2=CCCC2)o1. The van der Waals surface area contributed by atoms with Gasteiger partial charge in [0.1, 0.15) is 5.76 Å². The Labute approximate surface area is 114 Å². The summed E-state index contributed by atoms with van der Waals surface area (Å²) in [6.45, 7) is 0.943. The summed E-state index contributed by atoms with van der Waals surface area (Å²) in [5, 5.41) is 2.90. The maximum Gasteiger partial charge on any atom is 0.273 e. The second kappa shape index (κ2) is 6.36. The van der Waals surface area contributed by atoms with Gasteiger partial charge in [-0.05, 0) is 44.9 Å². The summed E-state index contributed by atoms with van der Waals surface area (Å²) in [5.74, 6) is 0.612. The van der Waals surface area contributed by atoms with Crippen LogP contribution in [0.2, 0.25) is 0 Å². The molecule has 2 rings (SSSR count). The van der Waals surface area contributed by atoms with Gasteiger partial charge in [0.15, 0.2) is 0 Å². The summed E-state index contributed by atoms with van der Waals surface area (Å²) in [4.78, 5) is 0. The van der Waals surface area contributed by atoms with Crippen LogP contribution in [0.1, 0.15) is 31.4 Å². The molecule has 0 radical (unpaired) electrons. The van der Waals surface area contributed by atoms with Crippen LogP contribution in [-0.4, -0.2) is 22.0 Å². The Bertz CT molecular complexity index is 546. The van der Waals surface area contributed by atoms with Crippen LogP contribution in [0, 0.1) is 0 Å². The monoisotopic (exact) mass is 284 g/mol. The first kappa shape index (κ1) is 14.3. The van der Waals surface area contributed by atoms with Crippen molar-refractivity contribution in [2.24, 2.45) is 0 Å². The van der Waals surface area contributed by atoms with Crippen LogP contribution in [0.3, 0.4) is 0 Å². The highest BCUT2D eigenvalue weighted by Crippen LogP contribution is 2.20. The van der Waals surface area contributed by atoms with E-state index in [2.05, 4.69) is 16.1 Å². The van der Waals surface area contributed by atoms with Crippen LogP contribution >= 0.6 is 0 Å². The van der Waals surface area contributed by atoms with Crippen LogP contribution in [0.15, 0.2) is 33.3 Å². The highest BCUT2D eigenvalue weighted by molar-refractivity contribution is 7.89. The van der Waals surface area contributed by atoms with Crippen molar-refractivity contribution in [2.75, 3.05) is 13.6 Å². The molecule has 1 aromatic heterocycles. The second-order valence-electron chi connectivity index (χ2n) is 4.65. The molecule has 0 atom stereocenters. The lowest BCUT2D eigenvalue weighted by Crippen LogP contribution is -2.24. The minimum absolute atomic E-state index is 0.0156. The van der Waals surface area contributed by atoms with E-state index in [4.69, 9.17) is 4.42 Å². The van der Waals surface area contributed by atoms with Crippen molar-refractivity contribution >= 4 is 10.0 Å². The van der Waals surface area contributed by atoms with Gasteiger partial charge in [0, 0.05) is 6.54 Å². The number of hydrogen-bond acceptors (Lipinski definition) is 4. The molecule has 0 unspecified atom stereocenters. The number of hydrogen-bond donors (Lipinski definition) is 2. The molecule has 0 amide bonds. The van der Waals surface area contributed by atoms with Gasteiger partial charge in [-0.1, -0.05) is 11.6 Å². The normalized spacial score (nSPS) is 15.7. The third kappa shape index (κ3) is 3.92. The molecule has 6 heteroatoms. The lowest BCUT2D eigenvalue weighted by atomic mass is 10.2. The molecule has 19 heavy (non-hydrogen) atoms. The fourth-order valence-electron chi connectivity index (χ4n) is 2.15. The summed E-state index contributed by atoms with van der Waals surface area (Å²) >= 11 is 0. The quantitative estimate of drug-likeness (QED) is 0.749. The van der Waals surface area contributed by atoms with Crippen LogP contribution in [-0.2, 0) is 16.6 Å². The molecule has 0 aliphatic heterocycles. The minimum Gasteiger partial charge on any atom is -0.447 e. The third-order valence-electron chi connectivity index (χ3n) is 3.13. The number of sulfonamides is 1. The van der Waals surface area contributed by atoms with E-state index in [9.17, 15) is 8.42 Å². The zero-order chi connectivity index (χ0) is 13.7. The average Bonchev–Trinajstić information content (AvgIpc) is 3.00. The minimum atomic E-state index is -3.52. The first-order valence-electron chi connectivity index (χ1n) is 6.53. The van der Waals surface area contributed by atoms with E-state index in [1.54, 1.807) is 13.1 Å². The largest absolute Gasteiger partial charge is 0.447 e. The van der Waals surface area contributed by atoms with Crippen molar-refractivity contribution in [1.82, 2.24) is 10.0 Å². The van der Waals surface area contributed by atoms with Gasteiger partial charge >= 0.3 is 0 Å². The van der Waals surface area contributed by atoms with Crippen LogP contribution in [0.4, 0.5) is 0 Å². The molecule has 1 aliphatic rings. The molecule has 1 aliphatic carbocycles. The first-order valence-corrected chi connectivity index (χ1v) is 8.01. The Hall–Kier alpha value is -1.11. The van der Waals surface area contributed by atoms with E-state index >= 15 is 0 Å². The zero-order valence-electron chi connectivity index (χ0n) is 11.1. The standard InChI is InChI=1S/C13H20N2O3S/c1-14-10-12-6-7-13(18-12)19(16,17)15-9-8-11-4-2-3-5-11/h4,6-7,14-15H,2-3,5,8-10H2,1H3. The van der Waals surface area contributed by atoms with Gasteiger partial charge in [-0.2, -0.15) is 0 Å². The van der Waals surface area contributed by atoms with Crippen molar-refractivity contribution in [3.05, 3.63) is 29.5 Å². The fourth-order valence-corrected chi connectivity index (χ4v) is 3.13. The highest BCUT2D eigenvalue weighted by atomic mass is 32.2. The molecular weight excluding hydrogens is 264 g/mol. The van der Waals surface area contributed by atoms with E-state index < -0.39 is 10.0 Å². The molecule has 1 aromatic rings. The molecule has 106 valence electrons. The van der Waals surface area contributed by atoms with E-state index in [0.29, 0.717) is 18.8 Å². The highest BCUT2D eigenvalue weighted by Gasteiger charge is 2.18. The number of nitrogens with one attached hydrogen (secondary N) is 2. The Morgan fingerprint density at radius 1 is 1.37 bits per heavy atom. The Balaban J connectivity index is 1.89. The zero-order valence-corrected chi connectivity index (χ0v) is 11.9. The van der Waals surface area contributed by atoms with Crippen molar-refractivity contribution in [3.63, 3.8) is 0 Å². The lowest BCUT2D eigenvalue weighted by Gasteiger charge is -2.05. The molecule has 0 saturated carbocycles. The smallest absolute Gasteiger partial charge is 0.273 e. The van der Waals surface area contributed by atoms with Crippen molar-refractivity contribution < 1.29 is 12.8 Å². The van der Waals surface area contributed by atoms with Crippen molar-refractivity contribution in [1.29, 1.82) is 0 Å². The number of allylic oxidation sites excluding steroid dienone is 1. The molecule has 0 aromatic carbocycles. The van der Waals surface area contributed by atoms with Crippen LogP contribution < -0.4 is 10.0 Å². The average molecular weight is 284 g/mol. The molecular formula is C13H20N2O3S. The van der Waals surface area contributed by atoms with Crippen molar-refractivity contribution in [3.8, 4) is 0 Å². The molecule has 0 spiro atoms. The van der Waals surface area contributed by atoms with Crippen LogP contribution in [0.5, 0.6) is 0 Å². The maximum atomic E-state index is 12.0. The second-order valence-corrected chi connectivity index (χ2v) is 6.35. The molecule has 0 bridgehead atoms. The summed E-state index contributed by atoms with van der Waals surface area (Å²) in [7, 11) is -1.74. The van der Waals surface area contributed by atoms with Gasteiger partial charge < -0.3 is 9.73 Å². The Kier molecular flexibility index (Phi) is 4.79. The fraction of sp³-hybridized carbons (Fsp3) is 0.538. The Morgan fingerprint density at radius 3 is 2.89 bits per heavy atom. The molecule has 0 fully saturated rings. The summed E-state index contributed by atoms with van der Waals surface area (Å²) in [6, 6.07) is 3.16. The van der Waals surface area contributed by atoms with Crippen LogP contribution in [0.25, 0.3) is 0 Å². The van der Waals surface area contributed by atoms with Gasteiger partial charge in [0.25, 0.3) is 10.0 Å². The third-order valence-corrected chi connectivity index (χ3v) is 4.46. The maximum absolute atomic E-state index is 12.0. The van der Waals surface area contributed by atoms with E-state index in [-0.39, 0.29) is 5.09 Å². The predicted molar refractivity (Wildman–Crippen MR) is 73.2 cm³/mol. The predicted octanol–water partition coefficient (Wildman–Crippen LogP) is 1.78. The van der Waals surface area contributed by atoms with E-state index in [0.717, 1.165) is 19.3 Å². The van der Waals surface area contributed by atoms with E-state index in [1.165, 1.54) is 18.1 Å². The number of furan rings is 1. The summed E-state index contributed by atoms with van der Waals surface area (Å²) in [6.07, 6.45) is 6.38. The summed E-state index contributed by atoms with van der Waals surface area (Å²) < 4.78 is 31.8. The molecule has 2 N–H and O–H groups in total.